The highest BCUT2D eigenvalue weighted by molar-refractivity contribution is 5.87. The third-order valence-corrected chi connectivity index (χ3v) is 2.98. The minimum Gasteiger partial charge on any atom is -0.478 e. The molecular weight excluding hydrogens is 246 g/mol. The highest BCUT2D eigenvalue weighted by Gasteiger charge is 2.16. The van der Waals surface area contributed by atoms with Crippen LogP contribution in [0.4, 0.5) is 0 Å². The fourth-order valence-electron chi connectivity index (χ4n) is 1.80. The van der Waals surface area contributed by atoms with E-state index in [0.29, 0.717) is 11.7 Å². The van der Waals surface area contributed by atoms with Crippen molar-refractivity contribution in [3.8, 4) is 0 Å². The van der Waals surface area contributed by atoms with Gasteiger partial charge in [-0.1, -0.05) is 18.2 Å². The van der Waals surface area contributed by atoms with E-state index in [1.165, 1.54) is 0 Å². The third kappa shape index (κ3) is 5.52. The number of methoxy groups -OCH3 is 1. The number of carboxylic acids is 1. The van der Waals surface area contributed by atoms with Gasteiger partial charge in [0.15, 0.2) is 0 Å². The van der Waals surface area contributed by atoms with Crippen LogP contribution in [0.25, 0.3) is 0 Å². The molecule has 0 atom stereocenters. The summed E-state index contributed by atoms with van der Waals surface area (Å²) in [5.41, 5.74) is 0.331. The number of benzene rings is 1. The topological polar surface area (TPSA) is 66.8 Å². The van der Waals surface area contributed by atoms with E-state index >= 15 is 0 Å². The minimum absolute atomic E-state index is 0.331. The first kappa shape index (κ1) is 15.2. The van der Waals surface area contributed by atoms with E-state index in [2.05, 4.69) is 0 Å². The van der Waals surface area contributed by atoms with Crippen LogP contribution in [-0.4, -0.2) is 48.7 Å². The number of likely N-dealkylation sites (tertiary alicyclic amines) is 1. The fourth-order valence-corrected chi connectivity index (χ4v) is 1.80. The lowest BCUT2D eigenvalue weighted by atomic mass is 10.1. The lowest BCUT2D eigenvalue weighted by molar-refractivity contribution is -0.120. The number of hydrogen-bond acceptors (Lipinski definition) is 3. The molecule has 1 amide bonds. The van der Waals surface area contributed by atoms with Crippen LogP contribution in [0.15, 0.2) is 30.3 Å². The van der Waals surface area contributed by atoms with Crippen LogP contribution in [-0.2, 0) is 9.53 Å². The van der Waals surface area contributed by atoms with E-state index in [0.717, 1.165) is 32.3 Å². The van der Waals surface area contributed by atoms with E-state index in [4.69, 9.17) is 9.84 Å². The summed E-state index contributed by atoms with van der Waals surface area (Å²) in [5, 5.41) is 8.38. The van der Waals surface area contributed by atoms with Gasteiger partial charge in [-0.15, -0.1) is 0 Å². The number of hydrogen-bond donors (Lipinski definition) is 1. The molecule has 1 aromatic rings. The molecule has 0 aliphatic carbocycles. The van der Waals surface area contributed by atoms with Gasteiger partial charge in [-0.25, -0.2) is 4.79 Å². The van der Waals surface area contributed by atoms with Gasteiger partial charge in [-0.05, 0) is 25.0 Å². The summed E-state index contributed by atoms with van der Waals surface area (Å²) in [6.07, 6.45) is 3.24. The van der Waals surface area contributed by atoms with Crippen LogP contribution in [0, 0.1) is 0 Å². The Morgan fingerprint density at radius 3 is 2.26 bits per heavy atom. The monoisotopic (exact) mass is 265 g/mol. The molecule has 1 aliphatic heterocycles. The predicted molar refractivity (Wildman–Crippen MR) is 71.1 cm³/mol. The van der Waals surface area contributed by atoms with Gasteiger partial charge in [-0.3, -0.25) is 4.79 Å². The number of nitrogens with zero attached hydrogens (tertiary/aromatic N) is 1. The molecule has 5 heteroatoms. The summed E-state index contributed by atoms with van der Waals surface area (Å²) >= 11 is 0. The molecule has 0 bridgehead atoms. The Bertz CT molecular complexity index is 386. The maximum absolute atomic E-state index is 10.2. The number of amides is 1. The lowest BCUT2D eigenvalue weighted by Gasteiger charge is -2.27. The second kappa shape index (κ2) is 8.26. The van der Waals surface area contributed by atoms with Crippen LogP contribution in [0.3, 0.4) is 0 Å². The van der Waals surface area contributed by atoms with Crippen molar-refractivity contribution in [3.63, 3.8) is 0 Å². The van der Waals surface area contributed by atoms with Crippen LogP contribution < -0.4 is 0 Å². The van der Waals surface area contributed by atoms with Crippen LogP contribution >= 0.6 is 0 Å². The van der Waals surface area contributed by atoms with Gasteiger partial charge in [0, 0.05) is 20.2 Å². The molecule has 1 heterocycles. The first-order valence-corrected chi connectivity index (χ1v) is 6.18. The molecule has 5 nitrogen and oxygen atoms in total. The number of carboxylic acid groups (broad SMARTS) is 1. The van der Waals surface area contributed by atoms with Crippen LogP contribution in [0.1, 0.15) is 23.2 Å². The molecule has 1 aromatic carbocycles. The summed E-state index contributed by atoms with van der Waals surface area (Å²) in [6, 6.07) is 8.30. The van der Waals surface area contributed by atoms with Crippen molar-refractivity contribution in [1.82, 2.24) is 4.90 Å². The Hall–Kier alpha value is -1.88. The summed E-state index contributed by atoms with van der Waals surface area (Å²) in [7, 11) is 1.72. The van der Waals surface area contributed by atoms with Gasteiger partial charge in [0.25, 0.3) is 0 Å². The van der Waals surface area contributed by atoms with Gasteiger partial charge in [0.2, 0.25) is 6.41 Å². The quantitative estimate of drug-likeness (QED) is 0.844. The minimum atomic E-state index is -0.879. The Labute approximate surface area is 112 Å². The maximum Gasteiger partial charge on any atom is 0.335 e. The second-order valence-corrected chi connectivity index (χ2v) is 4.25. The average Bonchev–Trinajstić information content (AvgIpc) is 2.49. The molecule has 1 saturated heterocycles. The summed E-state index contributed by atoms with van der Waals surface area (Å²) in [5.74, 6) is -0.879. The number of piperidine rings is 1. The highest BCUT2D eigenvalue weighted by Crippen LogP contribution is 2.10. The number of rotatable bonds is 3. The van der Waals surface area contributed by atoms with E-state index in [-0.39, 0.29) is 0 Å². The van der Waals surface area contributed by atoms with Crippen molar-refractivity contribution >= 4 is 12.4 Å². The largest absolute Gasteiger partial charge is 0.478 e. The fraction of sp³-hybridized carbons (Fsp3) is 0.429. The number of carbonyl (C=O) groups is 2. The van der Waals surface area contributed by atoms with E-state index in [1.54, 1.807) is 42.3 Å². The van der Waals surface area contributed by atoms with E-state index in [1.807, 2.05) is 0 Å². The van der Waals surface area contributed by atoms with Crippen molar-refractivity contribution in [2.75, 3.05) is 20.2 Å². The summed E-state index contributed by atoms with van der Waals surface area (Å²) in [6.45, 7) is 1.70. The number of aromatic carboxylic acids is 1. The van der Waals surface area contributed by atoms with Gasteiger partial charge in [0.1, 0.15) is 0 Å². The highest BCUT2D eigenvalue weighted by atomic mass is 16.5. The molecule has 0 unspecified atom stereocenters. The van der Waals surface area contributed by atoms with Crippen molar-refractivity contribution in [2.24, 2.45) is 0 Å². The molecule has 1 N–H and O–H groups in total. The Morgan fingerprint density at radius 1 is 1.32 bits per heavy atom. The van der Waals surface area contributed by atoms with Crippen molar-refractivity contribution in [3.05, 3.63) is 35.9 Å². The zero-order valence-electron chi connectivity index (χ0n) is 11.0. The zero-order valence-corrected chi connectivity index (χ0v) is 11.0. The molecule has 2 rings (SSSR count). The SMILES string of the molecule is COC1CCN(C=O)CC1.O=C(O)c1ccccc1. The normalized spacial score (nSPS) is 15.3. The van der Waals surface area contributed by atoms with E-state index < -0.39 is 5.97 Å². The van der Waals surface area contributed by atoms with Crippen LogP contribution in [0.2, 0.25) is 0 Å². The summed E-state index contributed by atoms with van der Waals surface area (Å²) < 4.78 is 5.14. The molecule has 19 heavy (non-hydrogen) atoms. The Balaban J connectivity index is 0.000000191. The van der Waals surface area contributed by atoms with Crippen LogP contribution in [0.5, 0.6) is 0 Å². The van der Waals surface area contributed by atoms with Crippen molar-refractivity contribution < 1.29 is 19.4 Å². The number of carbonyl (C=O) groups excluding carboxylic acids is 1. The Morgan fingerprint density at radius 2 is 1.89 bits per heavy atom. The molecule has 0 saturated carbocycles. The van der Waals surface area contributed by atoms with Gasteiger partial charge >= 0.3 is 5.97 Å². The Kier molecular flexibility index (Phi) is 6.60. The zero-order chi connectivity index (χ0) is 14.1. The second-order valence-electron chi connectivity index (χ2n) is 4.25. The molecule has 1 fully saturated rings. The molecule has 1 aliphatic rings. The van der Waals surface area contributed by atoms with Gasteiger partial charge in [-0.2, -0.15) is 0 Å². The first-order chi connectivity index (χ1) is 9.17. The molecule has 0 spiro atoms. The first-order valence-electron chi connectivity index (χ1n) is 6.18. The van der Waals surface area contributed by atoms with Gasteiger partial charge in [0.05, 0.1) is 11.7 Å². The van der Waals surface area contributed by atoms with E-state index in [9.17, 15) is 9.59 Å². The molecule has 104 valence electrons. The van der Waals surface area contributed by atoms with Gasteiger partial charge < -0.3 is 14.7 Å². The standard InChI is InChI=1S/C7H13NO2.C7H6O2/c1-10-7-2-4-8(6-9)5-3-7;8-7(9)6-4-2-1-3-5-6/h6-7H,2-5H2,1H3;1-5H,(H,8,9). The lowest BCUT2D eigenvalue weighted by Crippen LogP contribution is -2.35. The summed E-state index contributed by atoms with van der Waals surface area (Å²) in [4.78, 5) is 22.2. The molecule has 0 radical (unpaired) electrons. The predicted octanol–water partition coefficient (Wildman–Crippen LogP) is 1.64. The smallest absolute Gasteiger partial charge is 0.335 e. The molecule has 0 aromatic heterocycles. The van der Waals surface area contributed by atoms with Crippen molar-refractivity contribution in [1.29, 1.82) is 0 Å². The maximum atomic E-state index is 10.2. The number of ether oxygens (including phenoxy) is 1. The average molecular weight is 265 g/mol. The van der Waals surface area contributed by atoms with Crippen molar-refractivity contribution in [2.45, 2.75) is 18.9 Å². The third-order valence-electron chi connectivity index (χ3n) is 2.98. The molecular formula is C14H19NO4.